The second-order valence-electron chi connectivity index (χ2n) is 7.70. The number of nitrogens with one attached hydrogen (secondary N) is 2. The Labute approximate surface area is 189 Å². The van der Waals surface area contributed by atoms with Gasteiger partial charge in [0.05, 0.1) is 30.1 Å². The first kappa shape index (κ1) is 22.3. The van der Waals surface area contributed by atoms with Gasteiger partial charge in [-0.1, -0.05) is 30.3 Å². The van der Waals surface area contributed by atoms with E-state index in [0.29, 0.717) is 35.4 Å². The van der Waals surface area contributed by atoms with Crippen molar-refractivity contribution in [3.63, 3.8) is 0 Å². The normalized spacial score (nSPS) is 13.0. The van der Waals surface area contributed by atoms with Crippen LogP contribution in [0, 0.1) is 0 Å². The summed E-state index contributed by atoms with van der Waals surface area (Å²) in [6, 6.07) is 12.3. The third-order valence-electron chi connectivity index (χ3n) is 5.48. The highest BCUT2D eigenvalue weighted by atomic mass is 16.7. The lowest BCUT2D eigenvalue weighted by Gasteiger charge is -2.17. The van der Waals surface area contributed by atoms with Crippen LogP contribution in [0.2, 0.25) is 0 Å². The highest BCUT2D eigenvalue weighted by Crippen LogP contribution is 2.35. The lowest BCUT2D eigenvalue weighted by molar-refractivity contribution is -0.121. The quantitative estimate of drug-likeness (QED) is 0.474. The van der Waals surface area contributed by atoms with Gasteiger partial charge in [-0.15, -0.1) is 0 Å². The van der Waals surface area contributed by atoms with E-state index < -0.39 is 23.3 Å². The molecular weight excluding hydrogens is 426 g/mol. The summed E-state index contributed by atoms with van der Waals surface area (Å²) < 4.78 is 12.5. The number of aryl methyl sites for hydroxylation is 1. The van der Waals surface area contributed by atoms with Gasteiger partial charge >= 0.3 is 0 Å². The molecule has 0 aliphatic carbocycles. The van der Waals surface area contributed by atoms with Crippen LogP contribution in [0.3, 0.4) is 0 Å². The second-order valence-corrected chi connectivity index (χ2v) is 7.70. The van der Waals surface area contributed by atoms with Gasteiger partial charge in [-0.3, -0.25) is 14.4 Å². The fraction of sp³-hybridized carbons (Fsp3) is 0.292. The molecular formula is C24H25N3O6. The Bertz CT molecular complexity index is 1240. The molecule has 0 fully saturated rings. The van der Waals surface area contributed by atoms with Gasteiger partial charge in [-0.25, -0.2) is 0 Å². The Balaban J connectivity index is 1.46. The molecule has 2 amide bonds. The summed E-state index contributed by atoms with van der Waals surface area (Å²) in [7, 11) is 0. The SMILES string of the molecule is CCn1cc(C(=O)NCC(=O)NC(CO)Cc2ccccc2)c(=O)c2cc3c(cc21)OCO3. The van der Waals surface area contributed by atoms with Crippen LogP contribution in [0.15, 0.2) is 53.5 Å². The van der Waals surface area contributed by atoms with Gasteiger partial charge in [-0.05, 0) is 25.0 Å². The van der Waals surface area contributed by atoms with Crippen LogP contribution >= 0.6 is 0 Å². The van der Waals surface area contributed by atoms with Crippen molar-refractivity contribution in [1.82, 2.24) is 15.2 Å². The Morgan fingerprint density at radius 2 is 1.88 bits per heavy atom. The van der Waals surface area contributed by atoms with Gasteiger partial charge in [0, 0.05) is 18.8 Å². The van der Waals surface area contributed by atoms with Crippen molar-refractivity contribution in [2.24, 2.45) is 0 Å². The van der Waals surface area contributed by atoms with Crippen molar-refractivity contribution in [3.8, 4) is 11.5 Å². The zero-order chi connectivity index (χ0) is 23.4. The maximum Gasteiger partial charge on any atom is 0.257 e. The highest BCUT2D eigenvalue weighted by Gasteiger charge is 2.21. The maximum absolute atomic E-state index is 13.0. The lowest BCUT2D eigenvalue weighted by Crippen LogP contribution is -2.45. The van der Waals surface area contributed by atoms with Crippen LogP contribution in [-0.2, 0) is 17.8 Å². The van der Waals surface area contributed by atoms with E-state index >= 15 is 0 Å². The molecule has 3 N–H and O–H groups in total. The minimum absolute atomic E-state index is 0.0704. The molecule has 2 aromatic carbocycles. The highest BCUT2D eigenvalue weighted by molar-refractivity contribution is 5.99. The average Bonchev–Trinajstić information content (AvgIpc) is 3.29. The molecule has 33 heavy (non-hydrogen) atoms. The summed E-state index contributed by atoms with van der Waals surface area (Å²) in [6.07, 6.45) is 1.94. The van der Waals surface area contributed by atoms with E-state index in [1.165, 1.54) is 6.20 Å². The smallest absolute Gasteiger partial charge is 0.257 e. The van der Waals surface area contributed by atoms with Crippen LogP contribution in [0.5, 0.6) is 11.5 Å². The van der Waals surface area contributed by atoms with E-state index in [9.17, 15) is 19.5 Å². The number of nitrogens with zero attached hydrogens (tertiary/aromatic N) is 1. The maximum atomic E-state index is 13.0. The van der Waals surface area contributed by atoms with E-state index in [1.807, 2.05) is 37.3 Å². The first-order chi connectivity index (χ1) is 16.0. The second kappa shape index (κ2) is 9.74. The molecule has 9 nitrogen and oxygen atoms in total. The molecule has 9 heteroatoms. The monoisotopic (exact) mass is 451 g/mol. The van der Waals surface area contributed by atoms with E-state index in [2.05, 4.69) is 10.6 Å². The van der Waals surface area contributed by atoms with Crippen molar-refractivity contribution in [2.75, 3.05) is 19.9 Å². The third kappa shape index (κ3) is 4.83. The van der Waals surface area contributed by atoms with Crippen molar-refractivity contribution in [3.05, 3.63) is 70.0 Å². The Kier molecular flexibility index (Phi) is 6.60. The van der Waals surface area contributed by atoms with Crippen LogP contribution in [0.1, 0.15) is 22.8 Å². The summed E-state index contributed by atoms with van der Waals surface area (Å²) in [5, 5.41) is 15.1. The number of rotatable bonds is 8. The number of aromatic nitrogens is 1. The third-order valence-corrected chi connectivity index (χ3v) is 5.48. The number of aliphatic hydroxyl groups is 1. The molecule has 3 aromatic rings. The summed E-state index contributed by atoms with van der Waals surface area (Å²) in [5.41, 5.74) is 1.08. The Morgan fingerprint density at radius 3 is 2.58 bits per heavy atom. The Morgan fingerprint density at radius 1 is 1.15 bits per heavy atom. The minimum Gasteiger partial charge on any atom is -0.454 e. The molecule has 0 saturated heterocycles. The first-order valence-electron chi connectivity index (χ1n) is 10.7. The number of benzene rings is 2. The molecule has 1 aromatic heterocycles. The predicted octanol–water partition coefficient (Wildman–Crippen LogP) is 1.20. The minimum atomic E-state index is -0.652. The molecule has 0 spiro atoms. The number of amides is 2. The van der Waals surface area contributed by atoms with Crippen molar-refractivity contribution >= 4 is 22.7 Å². The van der Waals surface area contributed by atoms with Gasteiger partial charge in [-0.2, -0.15) is 0 Å². The van der Waals surface area contributed by atoms with Gasteiger partial charge in [0.25, 0.3) is 5.91 Å². The number of carbonyl (C=O) groups is 2. The number of fused-ring (bicyclic) bond motifs is 2. The molecule has 1 atom stereocenters. The topological polar surface area (TPSA) is 119 Å². The summed E-state index contributed by atoms with van der Waals surface area (Å²) >= 11 is 0. The number of aliphatic hydroxyl groups excluding tert-OH is 1. The van der Waals surface area contributed by atoms with Crippen LogP contribution in [0.4, 0.5) is 0 Å². The van der Waals surface area contributed by atoms with Crippen molar-refractivity contribution in [2.45, 2.75) is 25.9 Å². The molecule has 0 saturated carbocycles. The van der Waals surface area contributed by atoms with Crippen molar-refractivity contribution < 1.29 is 24.2 Å². The predicted molar refractivity (Wildman–Crippen MR) is 122 cm³/mol. The Hall–Kier alpha value is -3.85. The molecule has 1 unspecified atom stereocenters. The number of hydrogen-bond acceptors (Lipinski definition) is 6. The molecule has 1 aliphatic heterocycles. The molecule has 2 heterocycles. The average molecular weight is 451 g/mol. The van der Waals surface area contributed by atoms with Crippen LogP contribution < -0.4 is 25.5 Å². The fourth-order valence-electron chi connectivity index (χ4n) is 3.80. The van der Waals surface area contributed by atoms with Crippen molar-refractivity contribution in [1.29, 1.82) is 0 Å². The number of pyridine rings is 1. The summed E-state index contributed by atoms with van der Waals surface area (Å²) in [5.74, 6) is -0.113. The number of carbonyl (C=O) groups excluding carboxylic acids is 2. The zero-order valence-corrected chi connectivity index (χ0v) is 18.2. The zero-order valence-electron chi connectivity index (χ0n) is 18.2. The fourth-order valence-corrected chi connectivity index (χ4v) is 3.80. The van der Waals surface area contributed by atoms with Gasteiger partial charge < -0.3 is 29.8 Å². The summed E-state index contributed by atoms with van der Waals surface area (Å²) in [6.45, 7) is 1.93. The van der Waals surface area contributed by atoms with E-state index in [4.69, 9.17) is 9.47 Å². The van der Waals surface area contributed by atoms with Crippen LogP contribution in [0.25, 0.3) is 10.9 Å². The number of hydrogen-bond donors (Lipinski definition) is 3. The van der Waals surface area contributed by atoms with E-state index in [-0.39, 0.29) is 25.5 Å². The van der Waals surface area contributed by atoms with Gasteiger partial charge in [0.15, 0.2) is 11.5 Å². The summed E-state index contributed by atoms with van der Waals surface area (Å²) in [4.78, 5) is 38.1. The van der Waals surface area contributed by atoms with Crippen LogP contribution in [-0.4, -0.2) is 47.5 Å². The molecule has 0 bridgehead atoms. The lowest BCUT2D eigenvalue weighted by atomic mass is 10.1. The van der Waals surface area contributed by atoms with Gasteiger partial charge in [0.1, 0.15) is 5.56 Å². The van der Waals surface area contributed by atoms with E-state index in [1.54, 1.807) is 16.7 Å². The molecule has 0 radical (unpaired) electrons. The van der Waals surface area contributed by atoms with Gasteiger partial charge in [0.2, 0.25) is 18.1 Å². The van der Waals surface area contributed by atoms with E-state index in [0.717, 1.165) is 5.56 Å². The molecule has 172 valence electrons. The first-order valence-corrected chi connectivity index (χ1v) is 10.7. The largest absolute Gasteiger partial charge is 0.454 e. The molecule has 1 aliphatic rings. The number of ether oxygens (including phenoxy) is 2. The molecule has 4 rings (SSSR count). The standard InChI is InChI=1S/C24H25N3O6/c1-2-27-12-18(23(30)17-9-20-21(10-19(17)27)33-14-32-20)24(31)25-11-22(29)26-16(13-28)8-15-6-4-3-5-7-15/h3-7,9-10,12,16,28H,2,8,11,13-14H2,1H3,(H,25,31)(H,26,29).